The lowest BCUT2D eigenvalue weighted by molar-refractivity contribution is -0.143. The summed E-state index contributed by atoms with van der Waals surface area (Å²) in [6, 6.07) is 10.0. The summed E-state index contributed by atoms with van der Waals surface area (Å²) in [6.07, 6.45) is 1.41. The van der Waals surface area contributed by atoms with Crippen molar-refractivity contribution in [2.24, 2.45) is 11.7 Å². The Morgan fingerprint density at radius 1 is 1.31 bits per heavy atom. The van der Waals surface area contributed by atoms with Crippen molar-refractivity contribution in [3.63, 3.8) is 0 Å². The van der Waals surface area contributed by atoms with Crippen LogP contribution < -0.4 is 5.73 Å². The van der Waals surface area contributed by atoms with E-state index in [1.54, 1.807) is 11.8 Å². The van der Waals surface area contributed by atoms with Gasteiger partial charge in [-0.15, -0.1) is 24.2 Å². The largest absolute Gasteiger partial charge is 0.340 e. The molecule has 4 rings (SSSR count). The molecule has 2 N–H and O–H groups in total. The van der Waals surface area contributed by atoms with Gasteiger partial charge in [0.15, 0.2) is 0 Å². The van der Waals surface area contributed by atoms with Gasteiger partial charge in [-0.2, -0.15) is 0 Å². The smallest absolute Gasteiger partial charge is 0.246 e. The van der Waals surface area contributed by atoms with Crippen LogP contribution in [0.3, 0.4) is 0 Å². The molecule has 3 heterocycles. The summed E-state index contributed by atoms with van der Waals surface area (Å²) in [5.74, 6) is 1.50. The quantitative estimate of drug-likeness (QED) is 0.850. The minimum Gasteiger partial charge on any atom is -0.340 e. The Hall–Kier alpha value is -1.24. The molecule has 0 saturated carbocycles. The van der Waals surface area contributed by atoms with Crippen molar-refractivity contribution >= 4 is 36.0 Å². The number of likely N-dealkylation sites (tertiary alicyclic amines) is 1. The van der Waals surface area contributed by atoms with Crippen LogP contribution in [0, 0.1) is 5.92 Å². The molecule has 3 fully saturated rings. The first-order valence-corrected chi connectivity index (χ1v) is 10.0. The van der Waals surface area contributed by atoms with E-state index in [2.05, 4.69) is 19.1 Å². The van der Waals surface area contributed by atoms with Crippen LogP contribution in [0.5, 0.6) is 0 Å². The first-order chi connectivity index (χ1) is 12.0. The number of thioether (sulfide) groups is 1. The Kier molecular flexibility index (Phi) is 5.56. The molecule has 3 aliphatic heterocycles. The summed E-state index contributed by atoms with van der Waals surface area (Å²) >= 11 is 1.75. The van der Waals surface area contributed by atoms with Crippen LogP contribution in [-0.4, -0.2) is 57.9 Å². The molecule has 1 aromatic rings. The molecule has 142 valence electrons. The van der Waals surface area contributed by atoms with E-state index in [0.717, 1.165) is 6.42 Å². The van der Waals surface area contributed by atoms with E-state index < -0.39 is 0 Å². The zero-order chi connectivity index (χ0) is 17.6. The van der Waals surface area contributed by atoms with E-state index in [4.69, 9.17) is 5.73 Å². The molecule has 0 aliphatic carbocycles. The highest BCUT2D eigenvalue weighted by atomic mass is 35.5. The fourth-order valence-corrected chi connectivity index (χ4v) is 6.01. The Morgan fingerprint density at radius 2 is 2.04 bits per heavy atom. The molecule has 0 spiro atoms. The van der Waals surface area contributed by atoms with E-state index >= 15 is 0 Å². The topological polar surface area (TPSA) is 66.6 Å². The fraction of sp³-hybridized carbons (Fsp3) is 0.579. The summed E-state index contributed by atoms with van der Waals surface area (Å²) in [4.78, 5) is 29.1. The zero-order valence-electron chi connectivity index (χ0n) is 15.0. The highest BCUT2D eigenvalue weighted by Gasteiger charge is 2.54. The summed E-state index contributed by atoms with van der Waals surface area (Å²) in [7, 11) is 0. The van der Waals surface area contributed by atoms with Crippen molar-refractivity contribution < 1.29 is 9.59 Å². The minimum absolute atomic E-state index is 0. The number of benzene rings is 1. The van der Waals surface area contributed by atoms with Crippen molar-refractivity contribution in [3.05, 3.63) is 35.9 Å². The Balaban J connectivity index is 0.00000196. The predicted octanol–water partition coefficient (Wildman–Crippen LogP) is 2.06. The summed E-state index contributed by atoms with van der Waals surface area (Å²) in [5, 5.41) is 0. The highest BCUT2D eigenvalue weighted by molar-refractivity contribution is 8.01. The average Bonchev–Trinajstić information content (AvgIpc) is 3.29. The normalized spacial score (nSPS) is 33.3. The zero-order valence-corrected chi connectivity index (χ0v) is 16.6. The van der Waals surface area contributed by atoms with Crippen molar-refractivity contribution in [3.8, 4) is 0 Å². The number of amides is 2. The third-order valence-electron chi connectivity index (χ3n) is 6.01. The minimum atomic E-state index is -0.307. The van der Waals surface area contributed by atoms with E-state index in [0.29, 0.717) is 31.8 Å². The number of halogens is 1. The van der Waals surface area contributed by atoms with Crippen LogP contribution >= 0.6 is 24.2 Å². The molecule has 2 amide bonds. The van der Waals surface area contributed by atoms with Gasteiger partial charge in [-0.1, -0.05) is 30.3 Å². The molecule has 26 heavy (non-hydrogen) atoms. The molecule has 3 saturated heterocycles. The Labute approximate surface area is 165 Å². The summed E-state index contributed by atoms with van der Waals surface area (Å²) in [5.41, 5.74) is 7.25. The lowest BCUT2D eigenvalue weighted by Gasteiger charge is -2.32. The van der Waals surface area contributed by atoms with Gasteiger partial charge in [0.05, 0.1) is 4.87 Å². The lowest BCUT2D eigenvalue weighted by Crippen LogP contribution is -2.51. The third-order valence-corrected chi connectivity index (χ3v) is 7.52. The molecular formula is C19H26ClN3O2S. The van der Waals surface area contributed by atoms with Crippen LogP contribution in [0.4, 0.5) is 0 Å². The first kappa shape index (κ1) is 19.5. The van der Waals surface area contributed by atoms with Crippen molar-refractivity contribution in [1.82, 2.24) is 9.80 Å². The van der Waals surface area contributed by atoms with Gasteiger partial charge in [0.25, 0.3) is 0 Å². The van der Waals surface area contributed by atoms with Gasteiger partial charge in [0, 0.05) is 31.2 Å². The Bertz CT molecular complexity index is 689. The summed E-state index contributed by atoms with van der Waals surface area (Å²) < 4.78 is 0. The molecule has 3 aliphatic rings. The maximum absolute atomic E-state index is 13.2. The van der Waals surface area contributed by atoms with E-state index in [-0.39, 0.29) is 47.0 Å². The second-order valence-corrected chi connectivity index (χ2v) is 9.02. The number of nitrogens with two attached hydrogens (primary N) is 1. The molecule has 4 atom stereocenters. The standard InChI is InChI=1S/C19H25N3O2S.ClH/c1-19-8-7-17(23)22(19)16(12-25-19)18(24)21-10-14(9-20)15(11-21)13-5-3-2-4-6-13;/h2-6,14-16H,7-12,20H2,1H3;1H/t14-,15+,16?,19?;/m1./s1. The van der Waals surface area contributed by atoms with E-state index in [1.165, 1.54) is 5.56 Å². The Morgan fingerprint density at radius 3 is 2.73 bits per heavy atom. The van der Waals surface area contributed by atoms with Crippen molar-refractivity contribution in [2.45, 2.75) is 36.6 Å². The molecule has 7 heteroatoms. The van der Waals surface area contributed by atoms with Gasteiger partial charge in [0.1, 0.15) is 6.04 Å². The first-order valence-electron chi connectivity index (χ1n) is 9.03. The second kappa shape index (κ2) is 7.41. The molecule has 0 bridgehead atoms. The van der Waals surface area contributed by atoms with Crippen LogP contribution in [-0.2, 0) is 9.59 Å². The average molecular weight is 396 g/mol. The maximum Gasteiger partial charge on any atom is 0.246 e. The molecular weight excluding hydrogens is 370 g/mol. The van der Waals surface area contributed by atoms with Gasteiger partial charge in [-0.05, 0) is 31.4 Å². The molecule has 0 aromatic heterocycles. The number of carbonyl (C=O) groups excluding carboxylic acids is 2. The number of hydrogen-bond donors (Lipinski definition) is 1. The van der Waals surface area contributed by atoms with Crippen LogP contribution in [0.25, 0.3) is 0 Å². The molecule has 5 nitrogen and oxygen atoms in total. The predicted molar refractivity (Wildman–Crippen MR) is 106 cm³/mol. The third kappa shape index (κ3) is 3.12. The summed E-state index contributed by atoms with van der Waals surface area (Å²) in [6.45, 7) is 4.05. The van der Waals surface area contributed by atoms with E-state index in [9.17, 15) is 9.59 Å². The van der Waals surface area contributed by atoms with Crippen molar-refractivity contribution in [2.75, 3.05) is 25.4 Å². The number of hydrogen-bond acceptors (Lipinski definition) is 4. The van der Waals surface area contributed by atoms with Crippen LogP contribution in [0.2, 0.25) is 0 Å². The molecule has 0 radical (unpaired) electrons. The fourth-order valence-electron chi connectivity index (χ4n) is 4.58. The van der Waals surface area contributed by atoms with Gasteiger partial charge < -0.3 is 15.5 Å². The lowest BCUT2D eigenvalue weighted by atomic mass is 9.89. The van der Waals surface area contributed by atoms with Crippen molar-refractivity contribution in [1.29, 1.82) is 0 Å². The monoisotopic (exact) mass is 395 g/mol. The van der Waals surface area contributed by atoms with Gasteiger partial charge in [-0.25, -0.2) is 0 Å². The van der Waals surface area contributed by atoms with Gasteiger partial charge in [-0.3, -0.25) is 9.59 Å². The van der Waals surface area contributed by atoms with Gasteiger partial charge in [0.2, 0.25) is 11.8 Å². The van der Waals surface area contributed by atoms with Crippen LogP contribution in [0.1, 0.15) is 31.2 Å². The van der Waals surface area contributed by atoms with E-state index in [1.807, 2.05) is 28.0 Å². The highest BCUT2D eigenvalue weighted by Crippen LogP contribution is 2.48. The number of nitrogens with zero attached hydrogens (tertiary/aromatic N) is 2. The number of rotatable bonds is 3. The maximum atomic E-state index is 13.2. The molecule has 1 aromatic carbocycles. The number of carbonyl (C=O) groups is 2. The molecule has 2 unspecified atom stereocenters. The number of fused-ring (bicyclic) bond motifs is 1. The SMILES string of the molecule is CC12CCC(=O)N1C(C(=O)N1C[C@@H](CN)[C@H](c3ccccc3)C1)CS2.Cl. The second-order valence-electron chi connectivity index (χ2n) is 7.52. The van der Waals surface area contributed by atoms with Crippen LogP contribution in [0.15, 0.2) is 30.3 Å². The van der Waals surface area contributed by atoms with Gasteiger partial charge >= 0.3 is 0 Å².